The van der Waals surface area contributed by atoms with Crippen LogP contribution in [0.15, 0.2) is 36.4 Å². The van der Waals surface area contributed by atoms with E-state index in [9.17, 15) is 4.79 Å². The Bertz CT molecular complexity index is 806. The summed E-state index contributed by atoms with van der Waals surface area (Å²) in [6.45, 7) is 2.48. The highest BCUT2D eigenvalue weighted by Gasteiger charge is 2.13. The van der Waals surface area contributed by atoms with E-state index in [4.69, 9.17) is 50.0 Å². The van der Waals surface area contributed by atoms with Gasteiger partial charge in [0.25, 0.3) is 0 Å². The summed E-state index contributed by atoms with van der Waals surface area (Å²) in [6.07, 6.45) is 2.80. The van der Waals surface area contributed by atoms with Crippen LogP contribution in [-0.4, -0.2) is 12.5 Å². The van der Waals surface area contributed by atoms with Crippen LogP contribution in [0.3, 0.4) is 0 Å². The minimum Gasteiger partial charge on any atom is -0.490 e. The maximum Gasteiger partial charge on any atom is 0.241 e. The largest absolute Gasteiger partial charge is 0.490 e. The summed E-state index contributed by atoms with van der Waals surface area (Å²) < 4.78 is 11.4. The van der Waals surface area contributed by atoms with E-state index in [0.717, 1.165) is 5.56 Å². The number of ether oxygens (including phenoxy) is 2. The lowest BCUT2D eigenvalue weighted by molar-refractivity contribution is -0.113. The number of amides is 1. The van der Waals surface area contributed by atoms with E-state index in [2.05, 4.69) is 0 Å². The van der Waals surface area contributed by atoms with Crippen LogP contribution in [0.5, 0.6) is 11.5 Å². The topological polar surface area (TPSA) is 61.5 Å². The van der Waals surface area contributed by atoms with Gasteiger partial charge in [-0.25, -0.2) is 0 Å². The first-order chi connectivity index (χ1) is 11.9. The van der Waals surface area contributed by atoms with Gasteiger partial charge in [0.2, 0.25) is 5.91 Å². The first-order valence-electron chi connectivity index (χ1n) is 7.41. The van der Waals surface area contributed by atoms with E-state index in [-0.39, 0.29) is 6.61 Å². The molecule has 0 atom stereocenters. The van der Waals surface area contributed by atoms with E-state index >= 15 is 0 Å². The second-order valence-corrected chi connectivity index (χ2v) is 6.27. The molecule has 0 aromatic heterocycles. The standard InChI is InChI=1S/C18H16Cl3NO3/c1-2-24-16-8-11(3-6-17(22)23)7-15(21)18(16)25-10-12-4-5-13(19)9-14(12)20/h3-9H,2,10H2,1H3,(H2,22,23). The molecule has 0 radical (unpaired) electrons. The molecular weight excluding hydrogens is 385 g/mol. The van der Waals surface area contributed by atoms with Crippen molar-refractivity contribution in [1.29, 1.82) is 0 Å². The van der Waals surface area contributed by atoms with Gasteiger partial charge in [0.05, 0.1) is 11.6 Å². The Morgan fingerprint density at radius 1 is 1.12 bits per heavy atom. The average molecular weight is 401 g/mol. The van der Waals surface area contributed by atoms with Crippen molar-refractivity contribution >= 4 is 46.8 Å². The minimum atomic E-state index is -0.549. The van der Waals surface area contributed by atoms with Crippen molar-refractivity contribution in [2.24, 2.45) is 5.73 Å². The predicted octanol–water partition coefficient (Wildman–Crippen LogP) is 5.12. The molecule has 0 saturated heterocycles. The van der Waals surface area contributed by atoms with Gasteiger partial charge in [-0.05, 0) is 42.8 Å². The zero-order valence-electron chi connectivity index (χ0n) is 13.4. The highest BCUT2D eigenvalue weighted by Crippen LogP contribution is 2.38. The Morgan fingerprint density at radius 3 is 2.52 bits per heavy atom. The molecule has 2 aromatic rings. The molecule has 25 heavy (non-hydrogen) atoms. The number of carbonyl (C=O) groups excluding carboxylic acids is 1. The Labute approximate surface area is 161 Å². The molecule has 132 valence electrons. The number of hydrogen-bond donors (Lipinski definition) is 1. The van der Waals surface area contributed by atoms with Crippen molar-refractivity contribution in [3.8, 4) is 11.5 Å². The van der Waals surface area contributed by atoms with Crippen molar-refractivity contribution in [3.63, 3.8) is 0 Å². The summed E-state index contributed by atoms with van der Waals surface area (Å²) in [5, 5.41) is 1.40. The molecule has 0 fully saturated rings. The highest BCUT2D eigenvalue weighted by atomic mass is 35.5. The van der Waals surface area contributed by atoms with Gasteiger partial charge in [0, 0.05) is 21.7 Å². The van der Waals surface area contributed by atoms with Gasteiger partial charge < -0.3 is 15.2 Å². The van der Waals surface area contributed by atoms with Crippen LogP contribution >= 0.6 is 34.8 Å². The molecule has 0 saturated carbocycles. The molecule has 2 N–H and O–H groups in total. The summed E-state index contributed by atoms with van der Waals surface area (Å²) in [5.74, 6) is 0.307. The first kappa shape index (κ1) is 19.4. The summed E-state index contributed by atoms with van der Waals surface area (Å²) in [5.41, 5.74) is 6.54. The molecule has 0 aliphatic carbocycles. The fourth-order valence-corrected chi connectivity index (χ4v) is 2.79. The van der Waals surface area contributed by atoms with Gasteiger partial charge in [-0.3, -0.25) is 4.79 Å². The number of nitrogens with two attached hydrogens (primary N) is 1. The summed E-state index contributed by atoms with van der Waals surface area (Å²) in [6, 6.07) is 8.53. The van der Waals surface area contributed by atoms with E-state index in [1.54, 1.807) is 36.4 Å². The lowest BCUT2D eigenvalue weighted by atomic mass is 10.1. The molecule has 0 aliphatic heterocycles. The van der Waals surface area contributed by atoms with Gasteiger partial charge >= 0.3 is 0 Å². The molecule has 2 aromatic carbocycles. The highest BCUT2D eigenvalue weighted by molar-refractivity contribution is 6.35. The van der Waals surface area contributed by atoms with Crippen LogP contribution in [-0.2, 0) is 11.4 Å². The fraction of sp³-hybridized carbons (Fsp3) is 0.167. The van der Waals surface area contributed by atoms with Crippen LogP contribution in [0.2, 0.25) is 15.1 Å². The minimum absolute atomic E-state index is 0.201. The molecule has 1 amide bonds. The number of benzene rings is 2. The SMILES string of the molecule is CCOc1cc(C=CC(N)=O)cc(Cl)c1OCc1ccc(Cl)cc1Cl. The van der Waals surface area contributed by atoms with Crippen molar-refractivity contribution in [3.05, 3.63) is 62.6 Å². The average Bonchev–Trinajstić information content (AvgIpc) is 2.54. The summed E-state index contributed by atoms with van der Waals surface area (Å²) in [4.78, 5) is 10.9. The first-order valence-corrected chi connectivity index (χ1v) is 8.54. The third-order valence-electron chi connectivity index (χ3n) is 3.16. The van der Waals surface area contributed by atoms with Gasteiger partial charge in [-0.2, -0.15) is 0 Å². The normalized spacial score (nSPS) is 10.9. The zero-order valence-corrected chi connectivity index (χ0v) is 15.7. The molecule has 0 heterocycles. The van der Waals surface area contributed by atoms with Crippen molar-refractivity contribution in [2.45, 2.75) is 13.5 Å². The monoisotopic (exact) mass is 399 g/mol. The molecule has 0 spiro atoms. The van der Waals surface area contributed by atoms with Gasteiger partial charge in [-0.15, -0.1) is 0 Å². The number of halogens is 3. The lowest BCUT2D eigenvalue weighted by Crippen LogP contribution is -2.05. The molecular formula is C18H16Cl3NO3. The van der Waals surface area contributed by atoms with Crippen LogP contribution in [0.1, 0.15) is 18.1 Å². The van der Waals surface area contributed by atoms with Crippen LogP contribution in [0, 0.1) is 0 Å². The number of primary amides is 1. The third kappa shape index (κ3) is 5.56. The lowest BCUT2D eigenvalue weighted by Gasteiger charge is -2.15. The molecule has 0 aliphatic rings. The molecule has 2 rings (SSSR count). The van der Waals surface area contributed by atoms with E-state index in [0.29, 0.717) is 38.7 Å². The van der Waals surface area contributed by atoms with E-state index < -0.39 is 5.91 Å². The smallest absolute Gasteiger partial charge is 0.241 e. The van der Waals surface area contributed by atoms with Gasteiger partial charge in [-0.1, -0.05) is 40.9 Å². The van der Waals surface area contributed by atoms with Crippen molar-refractivity contribution < 1.29 is 14.3 Å². The van der Waals surface area contributed by atoms with E-state index in [1.807, 2.05) is 6.92 Å². The Balaban J connectivity index is 2.27. The Hall–Kier alpha value is -1.88. The quantitative estimate of drug-likeness (QED) is 0.656. The third-order valence-corrected chi connectivity index (χ3v) is 4.03. The number of carbonyl (C=O) groups is 1. The van der Waals surface area contributed by atoms with E-state index in [1.165, 1.54) is 6.08 Å². The maximum absolute atomic E-state index is 10.9. The Morgan fingerprint density at radius 2 is 1.88 bits per heavy atom. The molecule has 7 heteroatoms. The maximum atomic E-state index is 10.9. The van der Waals surface area contributed by atoms with Crippen LogP contribution in [0.25, 0.3) is 6.08 Å². The number of rotatable bonds is 7. The van der Waals surface area contributed by atoms with Crippen molar-refractivity contribution in [2.75, 3.05) is 6.61 Å². The predicted molar refractivity (Wildman–Crippen MR) is 102 cm³/mol. The second-order valence-electron chi connectivity index (χ2n) is 5.02. The number of hydrogen-bond acceptors (Lipinski definition) is 3. The van der Waals surface area contributed by atoms with Crippen molar-refractivity contribution in [1.82, 2.24) is 0 Å². The molecule has 4 nitrogen and oxygen atoms in total. The zero-order chi connectivity index (χ0) is 18.4. The van der Waals surface area contributed by atoms with Crippen LogP contribution in [0.4, 0.5) is 0 Å². The molecule has 0 unspecified atom stereocenters. The molecule has 0 bridgehead atoms. The van der Waals surface area contributed by atoms with Gasteiger partial charge in [0.15, 0.2) is 11.5 Å². The summed E-state index contributed by atoms with van der Waals surface area (Å²) in [7, 11) is 0. The fourth-order valence-electron chi connectivity index (χ4n) is 2.05. The Kier molecular flexibility index (Phi) is 7.00. The van der Waals surface area contributed by atoms with Gasteiger partial charge in [0.1, 0.15) is 6.61 Å². The van der Waals surface area contributed by atoms with Crippen LogP contribution < -0.4 is 15.2 Å². The summed E-state index contributed by atoms with van der Waals surface area (Å²) >= 11 is 18.3. The second kappa shape index (κ2) is 8.99.